The number of benzene rings is 1. The fourth-order valence-corrected chi connectivity index (χ4v) is 3.88. The molecule has 0 aliphatic carbocycles. The standard InChI is InChI=1S/C11H13BrN4O3S/c1-15(7-8-5-3-4-6-9(8)17)20(18,19)11-10(12)13-14-16(11)2/h3-6,17H,7H2,1-2H3. The van der Waals surface area contributed by atoms with E-state index in [2.05, 4.69) is 26.2 Å². The van der Waals surface area contributed by atoms with E-state index in [0.717, 1.165) is 4.31 Å². The van der Waals surface area contributed by atoms with Crippen molar-refractivity contribution in [2.75, 3.05) is 7.05 Å². The first-order chi connectivity index (χ1) is 9.34. The van der Waals surface area contributed by atoms with Crippen molar-refractivity contribution in [1.29, 1.82) is 0 Å². The Morgan fingerprint density at radius 1 is 1.40 bits per heavy atom. The van der Waals surface area contributed by atoms with E-state index < -0.39 is 10.0 Å². The third kappa shape index (κ3) is 2.69. The number of sulfonamides is 1. The molecule has 0 saturated heterocycles. The Morgan fingerprint density at radius 3 is 2.60 bits per heavy atom. The summed E-state index contributed by atoms with van der Waals surface area (Å²) < 4.78 is 27.4. The average molecular weight is 361 g/mol. The minimum Gasteiger partial charge on any atom is -0.508 e. The van der Waals surface area contributed by atoms with Crippen LogP contribution >= 0.6 is 15.9 Å². The molecule has 0 spiro atoms. The highest BCUT2D eigenvalue weighted by atomic mass is 79.9. The largest absolute Gasteiger partial charge is 0.508 e. The number of aromatic nitrogens is 3. The lowest BCUT2D eigenvalue weighted by molar-refractivity contribution is 0.431. The van der Waals surface area contributed by atoms with Gasteiger partial charge in [0.05, 0.1) is 0 Å². The molecule has 0 aliphatic heterocycles. The molecular weight excluding hydrogens is 348 g/mol. The molecule has 1 heterocycles. The van der Waals surface area contributed by atoms with Gasteiger partial charge in [-0.25, -0.2) is 13.1 Å². The second-order valence-electron chi connectivity index (χ2n) is 4.20. The van der Waals surface area contributed by atoms with Gasteiger partial charge in [0, 0.05) is 26.2 Å². The normalized spacial score (nSPS) is 12.0. The van der Waals surface area contributed by atoms with E-state index in [1.807, 2.05) is 0 Å². The molecule has 108 valence electrons. The van der Waals surface area contributed by atoms with Gasteiger partial charge in [0.2, 0.25) is 5.03 Å². The molecule has 0 radical (unpaired) electrons. The zero-order chi connectivity index (χ0) is 14.9. The SMILES string of the molecule is CN(Cc1ccccc1O)S(=O)(=O)c1c(Br)nnn1C. The van der Waals surface area contributed by atoms with Gasteiger partial charge >= 0.3 is 0 Å². The highest BCUT2D eigenvalue weighted by molar-refractivity contribution is 9.10. The minimum atomic E-state index is -3.76. The van der Waals surface area contributed by atoms with Gasteiger partial charge in [-0.05, 0) is 22.0 Å². The van der Waals surface area contributed by atoms with Gasteiger partial charge in [0.15, 0.2) is 4.60 Å². The first-order valence-electron chi connectivity index (χ1n) is 5.62. The molecule has 1 aromatic heterocycles. The summed E-state index contributed by atoms with van der Waals surface area (Å²) in [5, 5.41) is 17.0. The zero-order valence-electron chi connectivity index (χ0n) is 10.9. The van der Waals surface area contributed by atoms with Gasteiger partial charge in [-0.1, -0.05) is 23.4 Å². The van der Waals surface area contributed by atoms with E-state index in [-0.39, 0.29) is 21.9 Å². The van der Waals surface area contributed by atoms with Crippen molar-refractivity contribution in [3.05, 3.63) is 34.4 Å². The summed E-state index contributed by atoms with van der Waals surface area (Å²) in [6.07, 6.45) is 0. The summed E-state index contributed by atoms with van der Waals surface area (Å²) in [6, 6.07) is 6.58. The van der Waals surface area contributed by atoms with Crippen LogP contribution in [0.5, 0.6) is 5.75 Å². The van der Waals surface area contributed by atoms with E-state index >= 15 is 0 Å². The number of aromatic hydroxyl groups is 1. The Balaban J connectivity index is 2.34. The molecule has 1 N–H and O–H groups in total. The molecule has 0 bridgehead atoms. The number of phenolic OH excluding ortho intramolecular Hbond substituents is 1. The van der Waals surface area contributed by atoms with Crippen molar-refractivity contribution in [3.8, 4) is 5.75 Å². The van der Waals surface area contributed by atoms with E-state index in [0.29, 0.717) is 5.56 Å². The highest BCUT2D eigenvalue weighted by Crippen LogP contribution is 2.24. The Morgan fingerprint density at radius 2 is 2.05 bits per heavy atom. The molecule has 1 aromatic carbocycles. The van der Waals surface area contributed by atoms with Gasteiger partial charge in [-0.15, -0.1) is 5.10 Å². The molecule has 0 saturated carbocycles. The molecule has 0 amide bonds. The lowest BCUT2D eigenvalue weighted by Gasteiger charge is -2.17. The maximum atomic E-state index is 12.5. The Bertz CT molecular complexity index is 710. The first-order valence-corrected chi connectivity index (χ1v) is 7.85. The zero-order valence-corrected chi connectivity index (χ0v) is 13.3. The average Bonchev–Trinajstić information content (AvgIpc) is 2.72. The van der Waals surface area contributed by atoms with Crippen LogP contribution in [-0.2, 0) is 23.6 Å². The number of nitrogens with zero attached hydrogens (tertiary/aromatic N) is 4. The van der Waals surface area contributed by atoms with Crippen molar-refractivity contribution in [3.63, 3.8) is 0 Å². The van der Waals surface area contributed by atoms with E-state index in [1.165, 1.54) is 24.8 Å². The molecule has 2 aromatic rings. The van der Waals surface area contributed by atoms with Crippen molar-refractivity contribution in [2.24, 2.45) is 7.05 Å². The summed E-state index contributed by atoms with van der Waals surface area (Å²) >= 11 is 3.07. The number of aryl methyl sites for hydroxylation is 1. The van der Waals surface area contributed by atoms with Crippen LogP contribution in [0.15, 0.2) is 33.9 Å². The summed E-state index contributed by atoms with van der Waals surface area (Å²) in [6.45, 7) is 0.0482. The molecule has 7 nitrogen and oxygen atoms in total. The quantitative estimate of drug-likeness (QED) is 0.881. The Kier molecular flexibility index (Phi) is 4.11. The molecule has 0 aliphatic rings. The number of phenols is 1. The summed E-state index contributed by atoms with van der Waals surface area (Å²) in [7, 11) is -0.828. The maximum Gasteiger partial charge on any atom is 0.263 e. The van der Waals surface area contributed by atoms with E-state index in [4.69, 9.17) is 0 Å². The van der Waals surface area contributed by atoms with Crippen molar-refractivity contribution >= 4 is 26.0 Å². The fraction of sp³-hybridized carbons (Fsp3) is 0.273. The van der Waals surface area contributed by atoms with Crippen LogP contribution in [0, 0.1) is 0 Å². The van der Waals surface area contributed by atoms with Crippen molar-refractivity contribution < 1.29 is 13.5 Å². The van der Waals surface area contributed by atoms with Gasteiger partial charge in [-0.2, -0.15) is 4.31 Å². The topological polar surface area (TPSA) is 88.3 Å². The van der Waals surface area contributed by atoms with Gasteiger partial charge in [0.25, 0.3) is 10.0 Å². The van der Waals surface area contributed by atoms with Crippen LogP contribution in [0.4, 0.5) is 0 Å². The molecular formula is C11H13BrN4O3S. The van der Waals surface area contributed by atoms with Gasteiger partial charge < -0.3 is 5.11 Å². The van der Waals surface area contributed by atoms with Crippen LogP contribution in [0.3, 0.4) is 0 Å². The monoisotopic (exact) mass is 360 g/mol. The summed E-state index contributed by atoms with van der Waals surface area (Å²) in [5.41, 5.74) is 0.518. The molecule has 0 unspecified atom stereocenters. The predicted molar refractivity (Wildman–Crippen MR) is 75.5 cm³/mol. The van der Waals surface area contributed by atoms with Gasteiger partial charge in [0.1, 0.15) is 5.75 Å². The summed E-state index contributed by atoms with van der Waals surface area (Å²) in [5.74, 6) is 0.0525. The third-order valence-electron chi connectivity index (χ3n) is 2.78. The van der Waals surface area contributed by atoms with Crippen molar-refractivity contribution in [1.82, 2.24) is 19.3 Å². The Hall–Kier alpha value is -1.45. The number of hydrogen-bond donors (Lipinski definition) is 1. The lowest BCUT2D eigenvalue weighted by atomic mass is 10.2. The molecule has 0 atom stereocenters. The van der Waals surface area contributed by atoms with E-state index in [9.17, 15) is 13.5 Å². The Labute approximate surface area is 125 Å². The first kappa shape index (κ1) is 14.9. The molecule has 0 fully saturated rings. The van der Waals surface area contributed by atoms with Crippen LogP contribution < -0.4 is 0 Å². The van der Waals surface area contributed by atoms with E-state index in [1.54, 1.807) is 18.2 Å². The summed E-state index contributed by atoms with van der Waals surface area (Å²) in [4.78, 5) is 0. The number of hydrogen-bond acceptors (Lipinski definition) is 5. The molecule has 9 heteroatoms. The number of halogens is 1. The number of para-hydroxylation sites is 1. The smallest absolute Gasteiger partial charge is 0.263 e. The second-order valence-corrected chi connectivity index (χ2v) is 6.91. The third-order valence-corrected chi connectivity index (χ3v) is 5.47. The second kappa shape index (κ2) is 5.51. The predicted octanol–water partition coefficient (Wildman–Crippen LogP) is 1.10. The van der Waals surface area contributed by atoms with Crippen LogP contribution in [0.25, 0.3) is 0 Å². The maximum absolute atomic E-state index is 12.5. The highest BCUT2D eigenvalue weighted by Gasteiger charge is 2.28. The molecule has 2 rings (SSSR count). The van der Waals surface area contributed by atoms with Crippen LogP contribution in [0.2, 0.25) is 0 Å². The van der Waals surface area contributed by atoms with Crippen LogP contribution in [0.1, 0.15) is 5.56 Å². The minimum absolute atomic E-state index is 0.0320. The van der Waals surface area contributed by atoms with Crippen molar-refractivity contribution in [2.45, 2.75) is 11.6 Å². The fourth-order valence-electron chi connectivity index (χ4n) is 1.71. The lowest BCUT2D eigenvalue weighted by Crippen LogP contribution is -2.28. The van der Waals surface area contributed by atoms with Crippen LogP contribution in [-0.4, -0.2) is 39.9 Å². The van der Waals surface area contributed by atoms with Gasteiger partial charge in [-0.3, -0.25) is 0 Å². The number of rotatable bonds is 4. The molecule has 20 heavy (non-hydrogen) atoms.